The number of ether oxygens (including phenoxy) is 1. The van der Waals surface area contributed by atoms with Gasteiger partial charge < -0.3 is 14.7 Å². The third kappa shape index (κ3) is 2.37. The molecule has 1 amide bonds. The monoisotopic (exact) mass is 324 g/mol. The maximum atomic E-state index is 12.4. The number of hydrogen-bond acceptors (Lipinski definition) is 5. The Balaban J connectivity index is 1.61. The van der Waals surface area contributed by atoms with Gasteiger partial charge in [0, 0.05) is 37.4 Å². The van der Waals surface area contributed by atoms with Crippen molar-refractivity contribution >= 4 is 17.2 Å². The number of hydrogen-bond donors (Lipinski definition) is 1. The number of nitrogens with zero attached hydrogens (tertiary/aromatic N) is 2. The number of likely N-dealkylation sites (tertiary alicyclic amines) is 1. The lowest BCUT2D eigenvalue weighted by Crippen LogP contribution is -2.69. The van der Waals surface area contributed by atoms with E-state index in [4.69, 9.17) is 4.74 Å². The maximum Gasteiger partial charge on any atom is 0.228 e. The van der Waals surface area contributed by atoms with Crippen LogP contribution in [0.25, 0.3) is 0 Å². The zero-order chi connectivity index (χ0) is 16.0. The highest BCUT2D eigenvalue weighted by Crippen LogP contribution is 2.57. The molecule has 1 aromatic rings. The summed E-state index contributed by atoms with van der Waals surface area (Å²) in [6, 6.07) is 0. The second-order valence-corrected chi connectivity index (χ2v) is 7.79. The molecule has 1 aliphatic carbocycles. The SMILES string of the molecule is CO[C@@]1(C)C[C@@H](O)C12CCN(C(=O)Cc1csc(C)n1)CC2. The van der Waals surface area contributed by atoms with Crippen molar-refractivity contribution in [2.75, 3.05) is 20.2 Å². The van der Waals surface area contributed by atoms with Crippen molar-refractivity contribution in [1.82, 2.24) is 9.88 Å². The summed E-state index contributed by atoms with van der Waals surface area (Å²) in [7, 11) is 1.72. The molecule has 5 nitrogen and oxygen atoms in total. The smallest absolute Gasteiger partial charge is 0.228 e. The van der Waals surface area contributed by atoms with Crippen LogP contribution in [0, 0.1) is 12.3 Å². The summed E-state index contributed by atoms with van der Waals surface area (Å²) in [5.74, 6) is 0.132. The summed E-state index contributed by atoms with van der Waals surface area (Å²) < 4.78 is 5.66. The molecule has 2 heterocycles. The van der Waals surface area contributed by atoms with E-state index in [0.29, 0.717) is 25.9 Å². The molecule has 2 aliphatic rings. The first-order chi connectivity index (χ1) is 10.4. The van der Waals surface area contributed by atoms with Crippen LogP contribution in [0.1, 0.15) is 36.9 Å². The lowest BCUT2D eigenvalue weighted by atomic mass is 9.51. The van der Waals surface area contributed by atoms with Gasteiger partial charge in [-0.05, 0) is 26.7 Å². The minimum atomic E-state index is -0.309. The molecule has 0 unspecified atom stereocenters. The number of amides is 1. The van der Waals surface area contributed by atoms with E-state index in [1.165, 1.54) is 0 Å². The Morgan fingerprint density at radius 3 is 2.73 bits per heavy atom. The quantitative estimate of drug-likeness (QED) is 0.920. The number of carbonyl (C=O) groups is 1. The van der Waals surface area contributed by atoms with E-state index in [9.17, 15) is 9.90 Å². The Morgan fingerprint density at radius 1 is 1.55 bits per heavy atom. The first-order valence-corrected chi connectivity index (χ1v) is 8.70. The summed E-state index contributed by atoms with van der Waals surface area (Å²) >= 11 is 1.58. The van der Waals surface area contributed by atoms with E-state index < -0.39 is 0 Å². The molecule has 6 heteroatoms. The Labute approximate surface area is 135 Å². The molecule has 0 radical (unpaired) electrons. The molecule has 1 spiro atoms. The van der Waals surface area contributed by atoms with Gasteiger partial charge in [-0.25, -0.2) is 4.98 Å². The Bertz CT molecular complexity index is 565. The van der Waals surface area contributed by atoms with E-state index in [1.807, 2.05) is 17.2 Å². The van der Waals surface area contributed by atoms with Crippen LogP contribution >= 0.6 is 11.3 Å². The Hall–Kier alpha value is -0.980. The molecular formula is C16H24N2O3S. The van der Waals surface area contributed by atoms with Crippen LogP contribution in [0.2, 0.25) is 0 Å². The van der Waals surface area contributed by atoms with Gasteiger partial charge in [-0.2, -0.15) is 0 Å². The predicted molar refractivity (Wildman–Crippen MR) is 84.8 cm³/mol. The van der Waals surface area contributed by atoms with Gasteiger partial charge >= 0.3 is 0 Å². The zero-order valence-corrected chi connectivity index (χ0v) is 14.3. The van der Waals surface area contributed by atoms with Gasteiger partial charge in [0.15, 0.2) is 0 Å². The van der Waals surface area contributed by atoms with Crippen LogP contribution in [0.15, 0.2) is 5.38 Å². The van der Waals surface area contributed by atoms with Crippen molar-refractivity contribution in [2.24, 2.45) is 5.41 Å². The number of carbonyl (C=O) groups excluding carboxylic acids is 1. The predicted octanol–water partition coefficient (Wildman–Crippen LogP) is 1.77. The fourth-order valence-corrected chi connectivity index (χ4v) is 4.66. The van der Waals surface area contributed by atoms with Crippen LogP contribution in [0.4, 0.5) is 0 Å². The van der Waals surface area contributed by atoms with E-state index in [2.05, 4.69) is 11.9 Å². The number of rotatable bonds is 3. The van der Waals surface area contributed by atoms with Gasteiger partial charge in [-0.3, -0.25) is 4.79 Å². The maximum absolute atomic E-state index is 12.4. The van der Waals surface area contributed by atoms with E-state index >= 15 is 0 Å². The van der Waals surface area contributed by atoms with Gasteiger partial charge in [-0.15, -0.1) is 11.3 Å². The molecule has 2 fully saturated rings. The molecule has 3 rings (SSSR count). The minimum Gasteiger partial charge on any atom is -0.392 e. The molecule has 0 bridgehead atoms. The summed E-state index contributed by atoms with van der Waals surface area (Å²) in [4.78, 5) is 18.7. The number of aryl methyl sites for hydroxylation is 1. The average Bonchev–Trinajstić information content (AvgIpc) is 2.92. The molecule has 22 heavy (non-hydrogen) atoms. The molecule has 1 aliphatic heterocycles. The number of aliphatic hydroxyl groups is 1. The second kappa shape index (κ2) is 5.58. The average molecular weight is 324 g/mol. The van der Waals surface area contributed by atoms with Crippen LogP contribution in [-0.2, 0) is 16.0 Å². The summed E-state index contributed by atoms with van der Waals surface area (Å²) in [5.41, 5.74) is 0.418. The third-order valence-electron chi connectivity index (χ3n) is 5.73. The lowest BCUT2D eigenvalue weighted by Gasteiger charge is -2.62. The van der Waals surface area contributed by atoms with E-state index in [1.54, 1.807) is 18.4 Å². The molecule has 1 aromatic heterocycles. The minimum absolute atomic E-state index is 0.132. The van der Waals surface area contributed by atoms with E-state index in [0.717, 1.165) is 23.5 Å². The van der Waals surface area contributed by atoms with Crippen LogP contribution in [0.5, 0.6) is 0 Å². The summed E-state index contributed by atoms with van der Waals surface area (Å²) in [6.45, 7) is 5.41. The first-order valence-electron chi connectivity index (χ1n) is 7.82. The normalized spacial score (nSPS) is 30.4. The van der Waals surface area contributed by atoms with Crippen LogP contribution < -0.4 is 0 Å². The van der Waals surface area contributed by atoms with Gasteiger partial charge in [0.2, 0.25) is 5.91 Å². The molecule has 0 aromatic carbocycles. The van der Waals surface area contributed by atoms with Gasteiger partial charge in [0.25, 0.3) is 0 Å². The van der Waals surface area contributed by atoms with E-state index in [-0.39, 0.29) is 23.0 Å². The van der Waals surface area contributed by atoms with Crippen LogP contribution in [0.3, 0.4) is 0 Å². The first kappa shape index (κ1) is 15.9. The molecule has 1 saturated heterocycles. The van der Waals surface area contributed by atoms with Gasteiger partial charge in [0.05, 0.1) is 28.8 Å². The highest BCUT2D eigenvalue weighted by atomic mass is 32.1. The highest BCUT2D eigenvalue weighted by molar-refractivity contribution is 7.09. The van der Waals surface area contributed by atoms with Crippen molar-refractivity contribution in [3.8, 4) is 0 Å². The number of methoxy groups -OCH3 is 1. The number of aromatic nitrogens is 1. The van der Waals surface area contributed by atoms with Crippen molar-refractivity contribution < 1.29 is 14.6 Å². The standard InChI is InChI=1S/C16H24N2O3S/c1-11-17-12(10-22-11)8-14(20)18-6-4-16(5-7-18)13(19)9-15(16,2)21-3/h10,13,19H,4-9H2,1-3H3/t13-,15+/m1/s1. The van der Waals surface area contributed by atoms with Crippen molar-refractivity contribution in [3.05, 3.63) is 16.1 Å². The largest absolute Gasteiger partial charge is 0.392 e. The second-order valence-electron chi connectivity index (χ2n) is 6.73. The molecular weight excluding hydrogens is 300 g/mol. The van der Waals surface area contributed by atoms with Crippen molar-refractivity contribution in [1.29, 1.82) is 0 Å². The van der Waals surface area contributed by atoms with Crippen molar-refractivity contribution in [3.63, 3.8) is 0 Å². The third-order valence-corrected chi connectivity index (χ3v) is 6.55. The Kier molecular flexibility index (Phi) is 4.03. The molecule has 1 N–H and O–H groups in total. The molecule has 122 valence electrons. The fourth-order valence-electron chi connectivity index (χ4n) is 4.05. The van der Waals surface area contributed by atoms with Crippen molar-refractivity contribution in [2.45, 2.75) is 51.2 Å². The summed E-state index contributed by atoms with van der Waals surface area (Å²) in [5, 5.41) is 13.2. The number of piperidine rings is 1. The number of thiazole rings is 1. The Morgan fingerprint density at radius 2 is 2.23 bits per heavy atom. The summed E-state index contributed by atoms with van der Waals surface area (Å²) in [6.07, 6.45) is 2.37. The topological polar surface area (TPSA) is 62.7 Å². The molecule has 2 atom stereocenters. The number of aliphatic hydroxyl groups excluding tert-OH is 1. The lowest BCUT2D eigenvalue weighted by molar-refractivity contribution is -0.261. The molecule has 1 saturated carbocycles. The van der Waals surface area contributed by atoms with Crippen LogP contribution in [-0.4, -0.2) is 52.8 Å². The highest BCUT2D eigenvalue weighted by Gasteiger charge is 2.63. The fraction of sp³-hybridized carbons (Fsp3) is 0.750. The zero-order valence-electron chi connectivity index (χ0n) is 13.5. The van der Waals surface area contributed by atoms with Gasteiger partial charge in [-0.1, -0.05) is 0 Å². The van der Waals surface area contributed by atoms with Gasteiger partial charge in [0.1, 0.15) is 0 Å².